The van der Waals surface area contributed by atoms with Crippen molar-refractivity contribution in [1.29, 1.82) is 0 Å². The molecule has 0 amide bonds. The summed E-state index contributed by atoms with van der Waals surface area (Å²) in [7, 11) is 0. The third-order valence-corrected chi connectivity index (χ3v) is 0.697. The Morgan fingerprint density at radius 3 is 0.714 bits per heavy atom. The van der Waals surface area contributed by atoms with Crippen LogP contribution < -0.4 is 0 Å². The lowest BCUT2D eigenvalue weighted by Gasteiger charge is -1.99. The van der Waals surface area contributed by atoms with E-state index in [-0.39, 0.29) is 0 Å². The Hall–Kier alpha value is -1.44. The monoisotopic (exact) mass is 196 g/mol. The molecule has 0 saturated heterocycles. The zero-order chi connectivity index (χ0) is 11.7. The van der Waals surface area contributed by atoms with Gasteiger partial charge in [0.25, 0.3) is 0 Å². The molecule has 0 aromatic rings. The first kappa shape index (κ1) is 15.1. The molecule has 0 aliphatic rings. The van der Waals surface area contributed by atoms with E-state index in [0.29, 0.717) is 23.0 Å². The summed E-state index contributed by atoms with van der Waals surface area (Å²) < 4.78 is 9.72. The van der Waals surface area contributed by atoms with Crippen molar-refractivity contribution < 1.29 is 9.47 Å². The van der Waals surface area contributed by atoms with Gasteiger partial charge in [-0.25, -0.2) is 0 Å². The predicted molar refractivity (Wildman–Crippen MR) is 61.4 cm³/mol. The third-order valence-electron chi connectivity index (χ3n) is 0.697. The largest absolute Gasteiger partial charge is 0.468 e. The highest BCUT2D eigenvalue weighted by Gasteiger charge is 1.81. The Bertz CT molecular complexity index is 187. The molecule has 0 unspecified atom stereocenters. The van der Waals surface area contributed by atoms with Crippen LogP contribution in [0.4, 0.5) is 0 Å². The van der Waals surface area contributed by atoms with E-state index in [9.17, 15) is 0 Å². The Labute approximate surface area is 87.2 Å². The van der Waals surface area contributed by atoms with Crippen LogP contribution in [0.5, 0.6) is 0 Å². The second-order valence-corrected chi connectivity index (χ2v) is 3.01. The van der Waals surface area contributed by atoms with Crippen molar-refractivity contribution in [3.63, 3.8) is 0 Å². The fourth-order valence-electron chi connectivity index (χ4n) is 0.595. The maximum absolute atomic E-state index is 4.86. The Kier molecular flexibility index (Phi) is 8.79. The molecule has 2 nitrogen and oxygen atoms in total. The quantitative estimate of drug-likeness (QED) is 0.629. The third kappa shape index (κ3) is 22.4. The van der Waals surface area contributed by atoms with Gasteiger partial charge in [-0.05, 0) is 27.7 Å². The number of ether oxygens (including phenoxy) is 2. The van der Waals surface area contributed by atoms with Gasteiger partial charge in [0.15, 0.2) is 0 Å². The van der Waals surface area contributed by atoms with Crippen LogP contribution in [-0.2, 0) is 9.47 Å². The molecule has 0 radical (unpaired) electrons. The van der Waals surface area contributed by atoms with Crippen LogP contribution in [0.15, 0.2) is 49.4 Å². The molecule has 0 aliphatic carbocycles. The molecule has 0 spiro atoms. The molecule has 0 saturated carbocycles. The lowest BCUT2D eigenvalue weighted by atomic mass is 10.6. The Balaban J connectivity index is 0. The lowest BCUT2D eigenvalue weighted by Crippen LogP contribution is -1.78. The van der Waals surface area contributed by atoms with Crippen LogP contribution in [0.2, 0.25) is 0 Å². The van der Waals surface area contributed by atoms with Gasteiger partial charge in [-0.2, -0.15) is 0 Å². The first-order valence-electron chi connectivity index (χ1n) is 4.23. The van der Waals surface area contributed by atoms with Gasteiger partial charge in [0, 0.05) is 0 Å². The lowest BCUT2D eigenvalue weighted by molar-refractivity contribution is 0.313. The molecule has 0 heterocycles. The first-order valence-corrected chi connectivity index (χ1v) is 4.23. The summed E-state index contributed by atoms with van der Waals surface area (Å²) in [6.07, 6.45) is 0. The van der Waals surface area contributed by atoms with E-state index in [1.165, 1.54) is 0 Å². The van der Waals surface area contributed by atoms with Crippen molar-refractivity contribution in [3.05, 3.63) is 49.4 Å². The maximum Gasteiger partial charge on any atom is 0.0933 e. The Morgan fingerprint density at radius 2 is 0.714 bits per heavy atom. The number of rotatable bonds is 4. The van der Waals surface area contributed by atoms with E-state index >= 15 is 0 Å². The van der Waals surface area contributed by atoms with Gasteiger partial charge >= 0.3 is 0 Å². The van der Waals surface area contributed by atoms with E-state index in [2.05, 4.69) is 26.3 Å². The molecule has 0 bridgehead atoms. The number of hydrogen-bond donors (Lipinski definition) is 0. The minimum Gasteiger partial charge on any atom is -0.468 e. The molecular weight excluding hydrogens is 176 g/mol. The minimum atomic E-state index is 0.688. The van der Waals surface area contributed by atoms with E-state index in [4.69, 9.17) is 9.47 Å². The van der Waals surface area contributed by atoms with Crippen molar-refractivity contribution in [2.24, 2.45) is 0 Å². The van der Waals surface area contributed by atoms with Gasteiger partial charge in [0.1, 0.15) is 0 Å². The van der Waals surface area contributed by atoms with Gasteiger partial charge in [-0.3, -0.25) is 0 Å². The first-order chi connectivity index (χ1) is 6.25. The minimum absolute atomic E-state index is 0.688. The van der Waals surface area contributed by atoms with Crippen LogP contribution in [0.3, 0.4) is 0 Å². The smallest absolute Gasteiger partial charge is 0.0933 e. The molecule has 0 rings (SSSR count). The molecule has 2 heteroatoms. The SMILES string of the molecule is C=C(C)OC(=C)C.C=C(C)OC(=C)C. The molecular formula is C12H20O2. The van der Waals surface area contributed by atoms with E-state index < -0.39 is 0 Å². The van der Waals surface area contributed by atoms with Crippen molar-refractivity contribution in [3.8, 4) is 0 Å². The standard InChI is InChI=1S/2C6H10O/c2*1-5(2)7-6(3)4/h2*1,3H2,2,4H3. The molecule has 80 valence electrons. The van der Waals surface area contributed by atoms with Gasteiger partial charge in [-0.15, -0.1) is 0 Å². The van der Waals surface area contributed by atoms with Crippen molar-refractivity contribution >= 4 is 0 Å². The number of hydrogen-bond acceptors (Lipinski definition) is 2. The van der Waals surface area contributed by atoms with E-state index in [0.717, 1.165) is 0 Å². The second kappa shape index (κ2) is 8.17. The topological polar surface area (TPSA) is 18.5 Å². The highest BCUT2D eigenvalue weighted by Crippen LogP contribution is 1.97. The normalized spacial score (nSPS) is 7.71. The summed E-state index contributed by atoms with van der Waals surface area (Å²) in [5.41, 5.74) is 0. The van der Waals surface area contributed by atoms with E-state index in [1.54, 1.807) is 27.7 Å². The molecule has 0 fully saturated rings. The fourth-order valence-corrected chi connectivity index (χ4v) is 0.595. The summed E-state index contributed by atoms with van der Waals surface area (Å²) in [5, 5.41) is 0. The highest BCUT2D eigenvalue weighted by molar-refractivity contribution is 4.86. The molecule has 0 aromatic heterocycles. The average molecular weight is 196 g/mol. The summed E-state index contributed by atoms with van der Waals surface area (Å²) >= 11 is 0. The van der Waals surface area contributed by atoms with Crippen LogP contribution >= 0.6 is 0 Å². The van der Waals surface area contributed by atoms with E-state index in [1.807, 2.05) is 0 Å². The van der Waals surface area contributed by atoms with Crippen LogP contribution in [0, 0.1) is 0 Å². The van der Waals surface area contributed by atoms with Crippen molar-refractivity contribution in [2.45, 2.75) is 27.7 Å². The highest BCUT2D eigenvalue weighted by atomic mass is 16.5. The summed E-state index contributed by atoms with van der Waals surface area (Å²) in [5.74, 6) is 2.75. The molecule has 14 heavy (non-hydrogen) atoms. The van der Waals surface area contributed by atoms with Gasteiger partial charge < -0.3 is 9.47 Å². The molecule has 0 aromatic carbocycles. The summed E-state index contributed by atoms with van der Waals surface area (Å²) in [6.45, 7) is 21.2. The predicted octanol–water partition coefficient (Wildman–Crippen LogP) is 4.14. The second-order valence-electron chi connectivity index (χ2n) is 3.01. The Morgan fingerprint density at radius 1 is 0.571 bits per heavy atom. The molecule has 0 atom stereocenters. The van der Waals surface area contributed by atoms with Crippen LogP contribution in [0.1, 0.15) is 27.7 Å². The van der Waals surface area contributed by atoms with Crippen molar-refractivity contribution in [1.82, 2.24) is 0 Å². The maximum atomic E-state index is 4.86. The van der Waals surface area contributed by atoms with Gasteiger partial charge in [-0.1, -0.05) is 26.3 Å². The zero-order valence-corrected chi connectivity index (χ0v) is 9.64. The van der Waals surface area contributed by atoms with Crippen molar-refractivity contribution in [2.75, 3.05) is 0 Å². The van der Waals surface area contributed by atoms with Gasteiger partial charge in [0.05, 0.1) is 23.0 Å². The summed E-state index contributed by atoms with van der Waals surface area (Å²) in [6, 6.07) is 0. The van der Waals surface area contributed by atoms with Crippen LogP contribution in [-0.4, -0.2) is 0 Å². The van der Waals surface area contributed by atoms with Gasteiger partial charge in [0.2, 0.25) is 0 Å². The average Bonchev–Trinajstić information content (AvgIpc) is 1.79. The molecule has 0 aliphatic heterocycles. The number of allylic oxidation sites excluding steroid dienone is 4. The molecule has 0 N–H and O–H groups in total. The summed E-state index contributed by atoms with van der Waals surface area (Å²) in [4.78, 5) is 0. The van der Waals surface area contributed by atoms with Crippen LogP contribution in [0.25, 0.3) is 0 Å². The fraction of sp³-hybridized carbons (Fsp3) is 0.333. The zero-order valence-electron chi connectivity index (χ0n) is 9.64.